The highest BCUT2D eigenvalue weighted by Crippen LogP contribution is 2.29. The lowest BCUT2D eigenvalue weighted by molar-refractivity contribution is 0.0724. The van der Waals surface area contributed by atoms with Crippen molar-refractivity contribution in [1.29, 1.82) is 0 Å². The molecule has 1 saturated carbocycles. The molecular weight excluding hydrogens is 328 g/mol. The molecule has 26 heavy (non-hydrogen) atoms. The van der Waals surface area contributed by atoms with Crippen molar-refractivity contribution in [2.75, 3.05) is 13.6 Å². The number of amides is 1. The van der Waals surface area contributed by atoms with Crippen LogP contribution in [0.1, 0.15) is 60.6 Å². The number of rotatable bonds is 4. The van der Waals surface area contributed by atoms with Gasteiger partial charge in [0.05, 0.1) is 18.8 Å². The number of ether oxygens (including phenoxy) is 1. The van der Waals surface area contributed by atoms with Crippen LogP contribution in [0.5, 0.6) is 5.75 Å². The lowest BCUT2D eigenvalue weighted by Gasteiger charge is -2.20. The highest BCUT2D eigenvalue weighted by molar-refractivity contribution is 5.91. The molecule has 1 fully saturated rings. The summed E-state index contributed by atoms with van der Waals surface area (Å²) in [5, 5.41) is 8.38. The van der Waals surface area contributed by atoms with Gasteiger partial charge in [-0.25, -0.2) is 4.68 Å². The fourth-order valence-electron chi connectivity index (χ4n) is 4.02. The van der Waals surface area contributed by atoms with Crippen molar-refractivity contribution < 1.29 is 9.53 Å². The zero-order valence-corrected chi connectivity index (χ0v) is 15.3. The third-order valence-electron chi connectivity index (χ3n) is 5.47. The molecule has 0 saturated heterocycles. The number of para-hydroxylation sites is 1. The molecule has 1 unspecified atom stereocenters. The number of hydrogen-bond donors (Lipinski definition) is 0. The van der Waals surface area contributed by atoms with Gasteiger partial charge in [-0.05, 0) is 24.5 Å². The number of likely N-dealkylation sites (N-methyl/N-ethyl adjacent to an activating group) is 1. The van der Waals surface area contributed by atoms with Crippen molar-refractivity contribution in [3.63, 3.8) is 0 Å². The van der Waals surface area contributed by atoms with Crippen molar-refractivity contribution in [2.45, 2.75) is 57.1 Å². The van der Waals surface area contributed by atoms with Gasteiger partial charge in [-0.1, -0.05) is 49.1 Å². The zero-order chi connectivity index (χ0) is 17.9. The largest absolute Gasteiger partial charge is 0.488 e. The molecule has 0 N–H and O–H groups in total. The molecule has 2 aromatic rings. The predicted molar refractivity (Wildman–Crippen MR) is 98.3 cm³/mol. The number of benzene rings is 1. The lowest BCUT2D eigenvalue weighted by atomic mass is 10.1. The monoisotopic (exact) mass is 354 g/mol. The summed E-state index contributed by atoms with van der Waals surface area (Å²) >= 11 is 0. The van der Waals surface area contributed by atoms with Crippen LogP contribution in [0.2, 0.25) is 0 Å². The van der Waals surface area contributed by atoms with Gasteiger partial charge in [0.1, 0.15) is 11.9 Å². The van der Waals surface area contributed by atoms with Gasteiger partial charge in [-0.2, -0.15) is 0 Å². The predicted octanol–water partition coefficient (Wildman–Crippen LogP) is 3.25. The Kier molecular flexibility index (Phi) is 4.91. The fraction of sp³-hybridized carbons (Fsp3) is 0.550. The first-order chi connectivity index (χ1) is 12.7. The average molecular weight is 354 g/mol. The van der Waals surface area contributed by atoms with E-state index in [0.29, 0.717) is 18.3 Å². The van der Waals surface area contributed by atoms with Crippen LogP contribution in [0, 0.1) is 0 Å². The fourth-order valence-corrected chi connectivity index (χ4v) is 4.02. The molecule has 1 amide bonds. The molecular formula is C20H26N4O2. The Morgan fingerprint density at radius 2 is 2.00 bits per heavy atom. The quantitative estimate of drug-likeness (QED) is 0.791. The van der Waals surface area contributed by atoms with Crippen LogP contribution in [0.3, 0.4) is 0 Å². The van der Waals surface area contributed by atoms with E-state index in [1.54, 1.807) is 11.9 Å². The van der Waals surface area contributed by atoms with E-state index in [1.807, 2.05) is 29.1 Å². The Morgan fingerprint density at radius 3 is 2.77 bits per heavy atom. The highest BCUT2D eigenvalue weighted by Gasteiger charge is 2.27. The van der Waals surface area contributed by atoms with Gasteiger partial charge in [0, 0.05) is 13.5 Å². The molecule has 1 aliphatic heterocycles. The smallest absolute Gasteiger partial charge is 0.275 e. The van der Waals surface area contributed by atoms with E-state index in [0.717, 1.165) is 25.0 Å². The number of aromatic nitrogens is 3. The van der Waals surface area contributed by atoms with Crippen LogP contribution in [-0.2, 0) is 6.42 Å². The number of fused-ring (bicyclic) bond motifs is 1. The Labute approximate surface area is 154 Å². The normalized spacial score (nSPS) is 20.3. The van der Waals surface area contributed by atoms with Gasteiger partial charge in [0.15, 0.2) is 5.69 Å². The van der Waals surface area contributed by atoms with Crippen LogP contribution < -0.4 is 4.74 Å². The lowest BCUT2D eigenvalue weighted by Crippen LogP contribution is -2.36. The van der Waals surface area contributed by atoms with E-state index in [-0.39, 0.29) is 12.0 Å². The van der Waals surface area contributed by atoms with Gasteiger partial charge in [0.25, 0.3) is 5.91 Å². The van der Waals surface area contributed by atoms with Crippen LogP contribution in [0.4, 0.5) is 0 Å². The minimum absolute atomic E-state index is 0.00162. The van der Waals surface area contributed by atoms with Crippen LogP contribution in [0.25, 0.3) is 0 Å². The number of hydrogen-bond acceptors (Lipinski definition) is 4. The molecule has 0 spiro atoms. The summed E-state index contributed by atoms with van der Waals surface area (Å²) < 4.78 is 7.84. The summed E-state index contributed by atoms with van der Waals surface area (Å²) in [6.07, 6.45) is 9.95. The minimum Gasteiger partial charge on any atom is -0.488 e. The van der Waals surface area contributed by atoms with E-state index in [4.69, 9.17) is 4.74 Å². The van der Waals surface area contributed by atoms with Gasteiger partial charge >= 0.3 is 0 Å². The maximum absolute atomic E-state index is 12.7. The first kappa shape index (κ1) is 17.1. The van der Waals surface area contributed by atoms with E-state index in [2.05, 4.69) is 16.4 Å². The Bertz CT molecular complexity index is 740. The second-order valence-corrected chi connectivity index (χ2v) is 7.47. The van der Waals surface area contributed by atoms with E-state index < -0.39 is 0 Å². The molecule has 0 bridgehead atoms. The maximum Gasteiger partial charge on any atom is 0.275 e. The number of carbonyl (C=O) groups excluding carboxylic acids is 1. The van der Waals surface area contributed by atoms with E-state index >= 15 is 0 Å². The van der Waals surface area contributed by atoms with Crippen LogP contribution >= 0.6 is 0 Å². The summed E-state index contributed by atoms with van der Waals surface area (Å²) in [5.41, 5.74) is 1.63. The minimum atomic E-state index is -0.0931. The van der Waals surface area contributed by atoms with Crippen molar-refractivity contribution in [3.8, 4) is 5.75 Å². The topological polar surface area (TPSA) is 60.2 Å². The summed E-state index contributed by atoms with van der Waals surface area (Å²) in [4.78, 5) is 14.4. The third-order valence-corrected chi connectivity index (χ3v) is 5.47. The Morgan fingerprint density at radius 1 is 1.23 bits per heavy atom. The molecule has 6 nitrogen and oxygen atoms in total. The summed E-state index contributed by atoms with van der Waals surface area (Å²) in [6, 6.07) is 8.43. The Hall–Kier alpha value is -2.37. The second-order valence-electron chi connectivity index (χ2n) is 7.47. The second kappa shape index (κ2) is 7.48. The number of nitrogens with zero attached hydrogens (tertiary/aromatic N) is 4. The van der Waals surface area contributed by atoms with Crippen LogP contribution in [0.15, 0.2) is 30.5 Å². The molecule has 6 heteroatoms. The molecule has 138 valence electrons. The summed E-state index contributed by atoms with van der Waals surface area (Å²) in [6.45, 7) is 0.545. The van der Waals surface area contributed by atoms with Crippen molar-refractivity contribution >= 4 is 5.91 Å². The SMILES string of the molecule is CN(CC1Cc2ccccc2O1)C(=O)c1cn(C2CCCCCC2)nn1. The number of carbonyl (C=O) groups is 1. The van der Waals surface area contributed by atoms with Crippen molar-refractivity contribution in [3.05, 3.63) is 41.7 Å². The van der Waals surface area contributed by atoms with Gasteiger partial charge in [-0.3, -0.25) is 4.79 Å². The molecule has 1 aliphatic carbocycles. The summed E-state index contributed by atoms with van der Waals surface area (Å²) in [5.74, 6) is 0.835. The molecule has 0 radical (unpaired) electrons. The Balaban J connectivity index is 1.37. The molecule has 1 atom stereocenters. The maximum atomic E-state index is 12.7. The van der Waals surface area contributed by atoms with Crippen molar-refractivity contribution in [1.82, 2.24) is 19.9 Å². The van der Waals surface area contributed by atoms with Crippen molar-refractivity contribution in [2.24, 2.45) is 0 Å². The molecule has 1 aromatic heterocycles. The zero-order valence-electron chi connectivity index (χ0n) is 15.3. The van der Waals surface area contributed by atoms with E-state index in [9.17, 15) is 4.79 Å². The average Bonchev–Trinajstić information content (AvgIpc) is 3.20. The molecule has 2 aliphatic rings. The first-order valence-corrected chi connectivity index (χ1v) is 9.62. The summed E-state index contributed by atoms with van der Waals surface area (Å²) in [7, 11) is 1.80. The van der Waals surface area contributed by atoms with Gasteiger partial charge in [-0.15, -0.1) is 5.10 Å². The molecule has 1 aromatic carbocycles. The molecule has 4 rings (SSSR count). The molecule has 2 heterocycles. The van der Waals surface area contributed by atoms with Gasteiger partial charge < -0.3 is 9.64 Å². The first-order valence-electron chi connectivity index (χ1n) is 9.62. The van der Waals surface area contributed by atoms with Crippen LogP contribution in [-0.4, -0.2) is 45.5 Å². The highest BCUT2D eigenvalue weighted by atomic mass is 16.5. The standard InChI is InChI=1S/C20H26N4O2/c1-23(13-17-12-15-8-6-7-11-19(15)26-17)20(25)18-14-24(22-21-18)16-9-4-2-3-5-10-16/h6-8,11,14,16-17H,2-5,9-10,12-13H2,1H3. The third kappa shape index (κ3) is 3.59. The van der Waals surface area contributed by atoms with E-state index in [1.165, 1.54) is 31.2 Å². The van der Waals surface area contributed by atoms with Gasteiger partial charge in [0.2, 0.25) is 0 Å².